The Morgan fingerprint density at radius 3 is 2.72 bits per heavy atom. The van der Waals surface area contributed by atoms with Gasteiger partial charge < -0.3 is 14.5 Å². The molecule has 7 nitrogen and oxygen atoms in total. The standard InChI is InChI=1S/C18H23N3O4/c1-12(22)20-8-6-14-13(11-20)9-19-10-15(14)17(23)21-7-4-3-5-16(21)18(24)25-2/h9-10,16H,3-8,11H2,1-2H3. The van der Waals surface area contributed by atoms with Crippen LogP contribution in [0.3, 0.4) is 0 Å². The van der Waals surface area contributed by atoms with Crippen LogP contribution in [0, 0.1) is 0 Å². The maximum absolute atomic E-state index is 13.1. The van der Waals surface area contributed by atoms with Crippen LogP contribution in [0.5, 0.6) is 0 Å². The molecule has 1 fully saturated rings. The Morgan fingerprint density at radius 1 is 1.20 bits per heavy atom. The highest BCUT2D eigenvalue weighted by molar-refractivity contribution is 5.98. The number of aromatic nitrogens is 1. The summed E-state index contributed by atoms with van der Waals surface area (Å²) in [5, 5.41) is 0. The third kappa shape index (κ3) is 3.36. The number of likely N-dealkylation sites (tertiary alicyclic amines) is 1. The van der Waals surface area contributed by atoms with Crippen LogP contribution in [0.25, 0.3) is 0 Å². The number of amides is 2. The largest absolute Gasteiger partial charge is 0.467 e. The first-order chi connectivity index (χ1) is 12.0. The van der Waals surface area contributed by atoms with Crippen LogP contribution in [0.1, 0.15) is 47.7 Å². The maximum atomic E-state index is 13.1. The molecule has 1 saturated heterocycles. The summed E-state index contributed by atoms with van der Waals surface area (Å²) in [6.45, 7) is 3.15. The van der Waals surface area contributed by atoms with Crippen molar-refractivity contribution in [1.82, 2.24) is 14.8 Å². The molecule has 3 rings (SSSR count). The van der Waals surface area contributed by atoms with E-state index < -0.39 is 6.04 Å². The third-order valence-corrected chi connectivity index (χ3v) is 5.05. The molecule has 0 radical (unpaired) electrons. The Bertz CT molecular complexity index is 704. The van der Waals surface area contributed by atoms with Gasteiger partial charge in [0.1, 0.15) is 6.04 Å². The number of piperidine rings is 1. The van der Waals surface area contributed by atoms with Gasteiger partial charge in [-0.05, 0) is 36.8 Å². The number of carbonyl (C=O) groups excluding carboxylic acids is 3. The van der Waals surface area contributed by atoms with E-state index in [2.05, 4.69) is 4.98 Å². The number of rotatable bonds is 2. The topological polar surface area (TPSA) is 79.8 Å². The van der Waals surface area contributed by atoms with Crippen molar-refractivity contribution in [2.75, 3.05) is 20.2 Å². The summed E-state index contributed by atoms with van der Waals surface area (Å²) in [5.74, 6) is -0.520. The van der Waals surface area contributed by atoms with Crippen LogP contribution in [-0.4, -0.2) is 58.8 Å². The number of pyridine rings is 1. The number of hydrogen-bond acceptors (Lipinski definition) is 5. The van der Waals surface area contributed by atoms with Crippen LogP contribution < -0.4 is 0 Å². The Kier molecular flexibility index (Phi) is 5.01. The van der Waals surface area contributed by atoms with Crippen molar-refractivity contribution in [2.24, 2.45) is 0 Å². The van der Waals surface area contributed by atoms with E-state index in [9.17, 15) is 14.4 Å². The van der Waals surface area contributed by atoms with Crippen LogP contribution in [-0.2, 0) is 27.3 Å². The first-order valence-corrected chi connectivity index (χ1v) is 8.63. The first-order valence-electron chi connectivity index (χ1n) is 8.63. The molecule has 134 valence electrons. The summed E-state index contributed by atoms with van der Waals surface area (Å²) >= 11 is 0. The SMILES string of the molecule is COC(=O)C1CCCCN1C(=O)c1cncc2c1CCN(C(C)=O)C2. The van der Waals surface area contributed by atoms with Crippen molar-refractivity contribution in [1.29, 1.82) is 0 Å². The molecule has 1 aromatic rings. The molecule has 3 heterocycles. The Balaban J connectivity index is 1.89. The molecule has 1 unspecified atom stereocenters. The van der Waals surface area contributed by atoms with E-state index in [-0.39, 0.29) is 17.8 Å². The zero-order chi connectivity index (χ0) is 18.0. The number of ether oxygens (including phenoxy) is 1. The summed E-state index contributed by atoms with van der Waals surface area (Å²) < 4.78 is 4.87. The predicted octanol–water partition coefficient (Wildman–Crippen LogP) is 1.15. The van der Waals surface area contributed by atoms with E-state index in [1.807, 2.05) is 0 Å². The van der Waals surface area contributed by atoms with Crippen LogP contribution in [0.2, 0.25) is 0 Å². The van der Waals surface area contributed by atoms with Gasteiger partial charge in [0.25, 0.3) is 5.91 Å². The van der Waals surface area contributed by atoms with Gasteiger partial charge in [-0.1, -0.05) is 0 Å². The molecule has 0 saturated carbocycles. The van der Waals surface area contributed by atoms with Crippen molar-refractivity contribution in [3.8, 4) is 0 Å². The smallest absolute Gasteiger partial charge is 0.328 e. The highest BCUT2D eigenvalue weighted by atomic mass is 16.5. The van der Waals surface area contributed by atoms with Crippen molar-refractivity contribution in [3.63, 3.8) is 0 Å². The highest BCUT2D eigenvalue weighted by Gasteiger charge is 2.35. The minimum Gasteiger partial charge on any atom is -0.467 e. The summed E-state index contributed by atoms with van der Waals surface area (Å²) in [6.07, 6.45) is 6.32. The number of hydrogen-bond donors (Lipinski definition) is 0. The number of nitrogens with zero attached hydrogens (tertiary/aromatic N) is 3. The van der Waals surface area contributed by atoms with Gasteiger partial charge >= 0.3 is 5.97 Å². The van der Waals surface area contributed by atoms with Crippen LogP contribution in [0.4, 0.5) is 0 Å². The van der Waals surface area contributed by atoms with Gasteiger partial charge in [0.05, 0.1) is 12.7 Å². The molecule has 2 amide bonds. The van der Waals surface area contributed by atoms with Gasteiger partial charge in [-0.25, -0.2) is 4.79 Å². The van der Waals surface area contributed by atoms with Gasteiger partial charge in [0.15, 0.2) is 0 Å². The molecule has 1 aromatic heterocycles. The second-order valence-electron chi connectivity index (χ2n) is 6.55. The summed E-state index contributed by atoms with van der Waals surface area (Å²) in [4.78, 5) is 44.3. The molecule has 1 atom stereocenters. The fourth-order valence-corrected chi connectivity index (χ4v) is 3.66. The molecule has 0 N–H and O–H groups in total. The lowest BCUT2D eigenvalue weighted by Gasteiger charge is -2.35. The normalized spacial score (nSPS) is 20.0. The molecule has 0 aromatic carbocycles. The molecule has 25 heavy (non-hydrogen) atoms. The molecule has 2 aliphatic rings. The molecule has 0 aliphatic carbocycles. The number of fused-ring (bicyclic) bond motifs is 1. The van der Waals surface area contributed by atoms with E-state index in [1.54, 1.807) is 29.1 Å². The number of esters is 1. The number of carbonyl (C=O) groups is 3. The zero-order valence-corrected chi connectivity index (χ0v) is 14.7. The van der Waals surface area contributed by atoms with Gasteiger partial charge in [0, 0.05) is 39.0 Å². The van der Waals surface area contributed by atoms with E-state index in [0.29, 0.717) is 38.0 Å². The van der Waals surface area contributed by atoms with Crippen LogP contribution in [0.15, 0.2) is 12.4 Å². The van der Waals surface area contributed by atoms with Crippen molar-refractivity contribution >= 4 is 17.8 Å². The second-order valence-corrected chi connectivity index (χ2v) is 6.55. The molecule has 7 heteroatoms. The van der Waals surface area contributed by atoms with Crippen molar-refractivity contribution in [3.05, 3.63) is 29.1 Å². The summed E-state index contributed by atoms with van der Waals surface area (Å²) in [5.41, 5.74) is 2.38. The highest BCUT2D eigenvalue weighted by Crippen LogP contribution is 2.26. The molecular weight excluding hydrogens is 322 g/mol. The Morgan fingerprint density at radius 2 is 2.00 bits per heavy atom. The predicted molar refractivity (Wildman–Crippen MR) is 89.7 cm³/mol. The van der Waals surface area contributed by atoms with Crippen molar-refractivity contribution in [2.45, 2.75) is 45.2 Å². The fourth-order valence-electron chi connectivity index (χ4n) is 3.66. The average molecular weight is 345 g/mol. The van der Waals surface area contributed by atoms with E-state index in [1.165, 1.54) is 7.11 Å². The van der Waals surface area contributed by atoms with E-state index >= 15 is 0 Å². The fraction of sp³-hybridized carbons (Fsp3) is 0.556. The Hall–Kier alpha value is -2.44. The first kappa shape index (κ1) is 17.4. The van der Waals surface area contributed by atoms with Gasteiger partial charge in [-0.15, -0.1) is 0 Å². The van der Waals surface area contributed by atoms with E-state index in [4.69, 9.17) is 4.74 Å². The summed E-state index contributed by atoms with van der Waals surface area (Å²) in [6, 6.07) is -0.528. The maximum Gasteiger partial charge on any atom is 0.328 e. The molecule has 0 bridgehead atoms. The molecule has 2 aliphatic heterocycles. The third-order valence-electron chi connectivity index (χ3n) is 5.05. The van der Waals surface area contributed by atoms with Gasteiger partial charge in [-0.3, -0.25) is 14.6 Å². The molecular formula is C18H23N3O4. The monoisotopic (exact) mass is 345 g/mol. The van der Waals surface area contributed by atoms with Crippen LogP contribution >= 0.6 is 0 Å². The number of methoxy groups -OCH3 is 1. The second kappa shape index (κ2) is 7.21. The lowest BCUT2D eigenvalue weighted by Crippen LogP contribution is -2.49. The molecule has 0 spiro atoms. The zero-order valence-electron chi connectivity index (χ0n) is 14.7. The van der Waals surface area contributed by atoms with Gasteiger partial charge in [0.2, 0.25) is 5.91 Å². The minimum atomic E-state index is -0.528. The minimum absolute atomic E-state index is 0.0177. The van der Waals surface area contributed by atoms with Gasteiger partial charge in [-0.2, -0.15) is 0 Å². The Labute approximate surface area is 147 Å². The van der Waals surface area contributed by atoms with Crippen molar-refractivity contribution < 1.29 is 19.1 Å². The average Bonchev–Trinajstić information content (AvgIpc) is 2.65. The van der Waals surface area contributed by atoms with E-state index in [0.717, 1.165) is 24.0 Å². The lowest BCUT2D eigenvalue weighted by molar-refractivity contribution is -0.147. The quantitative estimate of drug-likeness (QED) is 0.752. The lowest BCUT2D eigenvalue weighted by atomic mass is 9.94. The summed E-state index contributed by atoms with van der Waals surface area (Å²) in [7, 11) is 1.35.